The van der Waals surface area contributed by atoms with Gasteiger partial charge < -0.3 is 4.98 Å². The quantitative estimate of drug-likeness (QED) is 0.685. The number of fused-ring (bicyclic) bond motifs is 1. The number of H-pyrrole nitrogens is 1. The highest BCUT2D eigenvalue weighted by atomic mass is 35.5. The molecule has 0 atom stereocenters. The third-order valence-corrected chi connectivity index (χ3v) is 4.02. The zero-order chi connectivity index (χ0) is 15.7. The third kappa shape index (κ3) is 2.61. The molecular formula is C18H14ClN3. The highest BCUT2D eigenvalue weighted by molar-refractivity contribution is 6.32. The molecule has 0 saturated carbocycles. The van der Waals surface area contributed by atoms with E-state index in [-0.39, 0.29) is 0 Å². The molecule has 0 unspecified atom stereocenters. The van der Waals surface area contributed by atoms with Crippen LogP contribution in [0.1, 0.15) is 22.5 Å². The molecule has 0 radical (unpaired) electrons. The first kappa shape index (κ1) is 14.4. The Bertz CT molecular complexity index is 890. The number of halogens is 1. The first-order chi connectivity index (χ1) is 10.6. The molecule has 0 amide bonds. The molecule has 0 aliphatic rings. The standard InChI is InChI=1S/C18H14ClN3/c1-11-7-16-17(8-12(11)2)22-18(21-16)14(10-20)9-13-5-3-4-6-15(13)19/h3-9H,1-2H3,(H,21,22)/b14-9-. The highest BCUT2D eigenvalue weighted by Crippen LogP contribution is 2.24. The van der Waals surface area contributed by atoms with Crippen molar-refractivity contribution in [1.82, 2.24) is 9.97 Å². The van der Waals surface area contributed by atoms with Gasteiger partial charge in [-0.15, -0.1) is 0 Å². The second-order valence-corrected chi connectivity index (χ2v) is 5.64. The normalized spacial score (nSPS) is 11.6. The summed E-state index contributed by atoms with van der Waals surface area (Å²) >= 11 is 6.15. The Hall–Kier alpha value is -2.57. The molecule has 0 bridgehead atoms. The topological polar surface area (TPSA) is 52.5 Å². The molecule has 0 fully saturated rings. The molecule has 3 aromatic rings. The van der Waals surface area contributed by atoms with Crippen LogP contribution in [0, 0.1) is 25.2 Å². The number of imidazole rings is 1. The Labute approximate surface area is 133 Å². The minimum absolute atomic E-state index is 0.458. The van der Waals surface area contributed by atoms with Gasteiger partial charge in [0, 0.05) is 5.02 Å². The fraction of sp³-hybridized carbons (Fsp3) is 0.111. The first-order valence-electron chi connectivity index (χ1n) is 6.92. The predicted octanol–water partition coefficient (Wildman–Crippen LogP) is 4.90. The van der Waals surface area contributed by atoms with Gasteiger partial charge in [-0.2, -0.15) is 5.26 Å². The van der Waals surface area contributed by atoms with E-state index in [2.05, 4.69) is 23.0 Å². The van der Waals surface area contributed by atoms with E-state index in [1.807, 2.05) is 37.3 Å². The van der Waals surface area contributed by atoms with Crippen molar-refractivity contribution in [3.05, 3.63) is 63.9 Å². The van der Waals surface area contributed by atoms with Crippen LogP contribution in [-0.2, 0) is 0 Å². The van der Waals surface area contributed by atoms with E-state index < -0.39 is 0 Å². The summed E-state index contributed by atoms with van der Waals surface area (Å²) in [6.07, 6.45) is 1.75. The zero-order valence-electron chi connectivity index (χ0n) is 12.3. The average molecular weight is 308 g/mol. The lowest BCUT2D eigenvalue weighted by Crippen LogP contribution is -1.85. The van der Waals surface area contributed by atoms with Crippen molar-refractivity contribution < 1.29 is 0 Å². The summed E-state index contributed by atoms with van der Waals surface area (Å²) in [6.45, 7) is 4.11. The lowest BCUT2D eigenvalue weighted by molar-refractivity contribution is 1.27. The average Bonchev–Trinajstić information content (AvgIpc) is 2.89. The molecule has 3 nitrogen and oxygen atoms in total. The van der Waals surface area contributed by atoms with Crippen molar-refractivity contribution in [2.45, 2.75) is 13.8 Å². The molecule has 4 heteroatoms. The summed E-state index contributed by atoms with van der Waals surface area (Å²) < 4.78 is 0. The fourth-order valence-electron chi connectivity index (χ4n) is 2.30. The number of aryl methyl sites for hydroxylation is 2. The molecule has 1 heterocycles. The summed E-state index contributed by atoms with van der Waals surface area (Å²) in [5, 5.41) is 10.1. The molecule has 108 valence electrons. The maximum absolute atomic E-state index is 9.44. The van der Waals surface area contributed by atoms with Crippen molar-refractivity contribution in [3.8, 4) is 6.07 Å². The van der Waals surface area contributed by atoms with E-state index in [9.17, 15) is 5.26 Å². The maximum atomic E-state index is 9.44. The molecule has 0 saturated heterocycles. The Kier molecular flexibility index (Phi) is 3.70. The number of hydrogen-bond acceptors (Lipinski definition) is 2. The van der Waals surface area contributed by atoms with Gasteiger partial charge in [0.05, 0.1) is 16.6 Å². The molecule has 3 rings (SSSR count). The van der Waals surface area contributed by atoms with E-state index in [1.54, 1.807) is 12.1 Å². The number of nitrogens with zero attached hydrogens (tertiary/aromatic N) is 2. The Morgan fingerprint density at radius 2 is 1.95 bits per heavy atom. The zero-order valence-corrected chi connectivity index (χ0v) is 13.1. The van der Waals surface area contributed by atoms with E-state index in [0.29, 0.717) is 16.4 Å². The summed E-state index contributed by atoms with van der Waals surface area (Å²) in [5.41, 5.74) is 5.42. The van der Waals surface area contributed by atoms with Crippen molar-refractivity contribution in [2.24, 2.45) is 0 Å². The SMILES string of the molecule is Cc1cc2nc(/C(C#N)=C\c3ccccc3Cl)[nH]c2cc1C. The van der Waals surface area contributed by atoms with Crippen molar-refractivity contribution in [3.63, 3.8) is 0 Å². The van der Waals surface area contributed by atoms with Crippen LogP contribution in [0.3, 0.4) is 0 Å². The Balaban J connectivity index is 2.12. The minimum Gasteiger partial charge on any atom is -0.337 e. The number of benzene rings is 2. The van der Waals surface area contributed by atoms with Crippen molar-refractivity contribution in [1.29, 1.82) is 5.26 Å². The minimum atomic E-state index is 0.458. The fourth-order valence-corrected chi connectivity index (χ4v) is 2.49. The van der Waals surface area contributed by atoms with Gasteiger partial charge in [-0.05, 0) is 54.8 Å². The molecule has 0 aliphatic heterocycles. The third-order valence-electron chi connectivity index (χ3n) is 3.68. The molecule has 2 aromatic carbocycles. The lowest BCUT2D eigenvalue weighted by Gasteiger charge is -1.98. The van der Waals surface area contributed by atoms with Gasteiger partial charge in [-0.3, -0.25) is 0 Å². The van der Waals surface area contributed by atoms with Gasteiger partial charge in [-0.1, -0.05) is 29.8 Å². The number of nitriles is 1. The predicted molar refractivity (Wildman–Crippen MR) is 90.5 cm³/mol. The van der Waals surface area contributed by atoms with Crippen LogP contribution in [0.25, 0.3) is 22.7 Å². The van der Waals surface area contributed by atoms with Crippen LogP contribution >= 0.6 is 11.6 Å². The molecule has 1 N–H and O–H groups in total. The van der Waals surface area contributed by atoms with E-state index in [0.717, 1.165) is 16.6 Å². The molecule has 0 aliphatic carbocycles. The summed E-state index contributed by atoms with van der Waals surface area (Å²) in [6, 6.07) is 13.7. The Morgan fingerprint density at radius 1 is 1.23 bits per heavy atom. The van der Waals surface area contributed by atoms with Crippen LogP contribution in [0.5, 0.6) is 0 Å². The van der Waals surface area contributed by atoms with E-state index in [1.165, 1.54) is 11.1 Å². The van der Waals surface area contributed by atoms with Gasteiger partial charge in [-0.25, -0.2) is 4.98 Å². The van der Waals surface area contributed by atoms with Crippen molar-refractivity contribution >= 4 is 34.3 Å². The first-order valence-corrected chi connectivity index (χ1v) is 7.30. The smallest absolute Gasteiger partial charge is 0.149 e. The lowest BCUT2D eigenvalue weighted by atomic mass is 10.1. The van der Waals surface area contributed by atoms with Gasteiger partial charge in [0.1, 0.15) is 11.9 Å². The molecule has 1 aromatic heterocycles. The number of aromatic nitrogens is 2. The van der Waals surface area contributed by atoms with Gasteiger partial charge in [0.15, 0.2) is 0 Å². The molecule has 22 heavy (non-hydrogen) atoms. The van der Waals surface area contributed by atoms with Crippen LogP contribution in [-0.4, -0.2) is 9.97 Å². The summed E-state index contributed by atoms with van der Waals surface area (Å²) in [4.78, 5) is 7.73. The summed E-state index contributed by atoms with van der Waals surface area (Å²) in [5.74, 6) is 0.558. The number of hydrogen-bond donors (Lipinski definition) is 1. The second kappa shape index (κ2) is 5.67. The molecule has 0 spiro atoms. The second-order valence-electron chi connectivity index (χ2n) is 5.23. The van der Waals surface area contributed by atoms with Crippen molar-refractivity contribution in [2.75, 3.05) is 0 Å². The number of allylic oxidation sites excluding steroid dienone is 1. The van der Waals surface area contributed by atoms with E-state index >= 15 is 0 Å². The van der Waals surface area contributed by atoms with Gasteiger partial charge in [0.25, 0.3) is 0 Å². The number of nitrogens with one attached hydrogen (secondary N) is 1. The van der Waals surface area contributed by atoms with Crippen LogP contribution in [0.2, 0.25) is 5.02 Å². The van der Waals surface area contributed by atoms with Crippen LogP contribution in [0.15, 0.2) is 36.4 Å². The maximum Gasteiger partial charge on any atom is 0.149 e. The van der Waals surface area contributed by atoms with E-state index in [4.69, 9.17) is 11.6 Å². The van der Waals surface area contributed by atoms with Gasteiger partial charge >= 0.3 is 0 Å². The Morgan fingerprint density at radius 3 is 2.68 bits per heavy atom. The number of aromatic amines is 1. The monoisotopic (exact) mass is 307 g/mol. The summed E-state index contributed by atoms with van der Waals surface area (Å²) in [7, 11) is 0. The number of rotatable bonds is 2. The van der Waals surface area contributed by atoms with Crippen LogP contribution < -0.4 is 0 Å². The largest absolute Gasteiger partial charge is 0.337 e. The van der Waals surface area contributed by atoms with Gasteiger partial charge in [0.2, 0.25) is 0 Å². The molecular weight excluding hydrogens is 294 g/mol. The highest BCUT2D eigenvalue weighted by Gasteiger charge is 2.10. The van der Waals surface area contributed by atoms with Crippen LogP contribution in [0.4, 0.5) is 0 Å².